The van der Waals surface area contributed by atoms with E-state index in [-0.39, 0.29) is 18.7 Å². The molecule has 3 N–H and O–H groups in total. The van der Waals surface area contributed by atoms with Crippen molar-refractivity contribution in [1.29, 1.82) is 0 Å². The number of aromatic nitrogens is 2. The van der Waals surface area contributed by atoms with Crippen LogP contribution < -0.4 is 16.6 Å². The molecule has 1 aliphatic rings. The van der Waals surface area contributed by atoms with Gasteiger partial charge in [0.2, 0.25) is 11.8 Å². The van der Waals surface area contributed by atoms with Crippen LogP contribution in [0.25, 0.3) is 0 Å². The van der Waals surface area contributed by atoms with Crippen molar-refractivity contribution in [3.63, 3.8) is 0 Å². The molecule has 0 saturated carbocycles. The molecular formula is C12H14N4O5. The van der Waals surface area contributed by atoms with E-state index in [1.807, 2.05) is 4.98 Å². The predicted molar refractivity (Wildman–Crippen MR) is 70.3 cm³/mol. The van der Waals surface area contributed by atoms with Gasteiger partial charge < -0.3 is 9.88 Å². The molecule has 9 heteroatoms. The maximum atomic E-state index is 12.3. The van der Waals surface area contributed by atoms with Gasteiger partial charge in [-0.3, -0.25) is 29.5 Å². The Morgan fingerprint density at radius 1 is 1.24 bits per heavy atom. The highest BCUT2D eigenvalue weighted by Gasteiger charge is 2.43. The van der Waals surface area contributed by atoms with E-state index in [1.165, 1.54) is 13.8 Å². The van der Waals surface area contributed by atoms with E-state index < -0.39 is 34.5 Å². The largest absolute Gasteiger partial charge is 0.325 e. The summed E-state index contributed by atoms with van der Waals surface area (Å²) >= 11 is 0. The van der Waals surface area contributed by atoms with Gasteiger partial charge >= 0.3 is 5.69 Å². The van der Waals surface area contributed by atoms with Gasteiger partial charge in [-0.15, -0.1) is 0 Å². The van der Waals surface area contributed by atoms with Gasteiger partial charge in [0.25, 0.3) is 11.5 Å². The van der Waals surface area contributed by atoms with Gasteiger partial charge in [-0.2, -0.15) is 0 Å². The van der Waals surface area contributed by atoms with Crippen molar-refractivity contribution >= 4 is 17.7 Å². The van der Waals surface area contributed by atoms with Crippen LogP contribution in [0.2, 0.25) is 0 Å². The highest BCUT2D eigenvalue weighted by Crippen LogP contribution is 2.19. The molecule has 1 aromatic rings. The average molecular weight is 294 g/mol. The Kier molecular flexibility index (Phi) is 3.50. The normalized spacial score (nSPS) is 17.5. The summed E-state index contributed by atoms with van der Waals surface area (Å²) in [6.07, 6.45) is -0.289. The van der Waals surface area contributed by atoms with Gasteiger partial charge in [0.1, 0.15) is 12.1 Å². The molecule has 9 nitrogen and oxygen atoms in total. The zero-order valence-corrected chi connectivity index (χ0v) is 11.5. The van der Waals surface area contributed by atoms with Gasteiger partial charge in [-0.25, -0.2) is 4.79 Å². The number of nitrogens with zero attached hydrogens (tertiary/aromatic N) is 1. The Bertz CT molecular complexity index is 701. The molecule has 1 aliphatic heterocycles. The molecule has 112 valence electrons. The van der Waals surface area contributed by atoms with E-state index in [0.29, 0.717) is 0 Å². The summed E-state index contributed by atoms with van der Waals surface area (Å²) in [5, 5.41) is 2.15. The summed E-state index contributed by atoms with van der Waals surface area (Å²) in [6.45, 7) is 2.76. The summed E-state index contributed by atoms with van der Waals surface area (Å²) in [4.78, 5) is 63.2. The van der Waals surface area contributed by atoms with Crippen LogP contribution in [0, 0.1) is 0 Å². The highest BCUT2D eigenvalue weighted by atomic mass is 16.2. The fourth-order valence-electron chi connectivity index (χ4n) is 2.06. The molecule has 2 heterocycles. The van der Waals surface area contributed by atoms with Gasteiger partial charge in [-0.1, -0.05) is 0 Å². The molecule has 0 aromatic carbocycles. The van der Waals surface area contributed by atoms with Crippen molar-refractivity contribution in [2.24, 2.45) is 0 Å². The van der Waals surface area contributed by atoms with Crippen LogP contribution in [-0.2, 0) is 20.8 Å². The highest BCUT2D eigenvalue weighted by molar-refractivity contribution is 6.06. The Morgan fingerprint density at radius 3 is 2.52 bits per heavy atom. The number of carbonyl (C=O) groups is 3. The van der Waals surface area contributed by atoms with Crippen molar-refractivity contribution in [2.75, 3.05) is 6.54 Å². The quantitative estimate of drug-likeness (QED) is 0.536. The van der Waals surface area contributed by atoms with Gasteiger partial charge in [-0.05, 0) is 13.8 Å². The van der Waals surface area contributed by atoms with Crippen molar-refractivity contribution in [3.8, 4) is 0 Å². The van der Waals surface area contributed by atoms with Crippen LogP contribution in [-0.4, -0.2) is 44.7 Å². The number of H-pyrrole nitrogens is 2. The van der Waals surface area contributed by atoms with E-state index in [2.05, 4.69) is 10.3 Å². The third-order valence-electron chi connectivity index (χ3n) is 3.24. The molecule has 0 radical (unpaired) electrons. The Labute approximate surface area is 118 Å². The standard InChI is InChI=1S/C12H14N4O5/c1-12(2)10(20)14-8(18)5-16(12)9(19)4-6-3-7(17)15-11(21)13-6/h3H,4-5H2,1-2H3,(H,14,18,20)(H2,13,15,17,21). The Hall–Kier alpha value is -2.71. The monoisotopic (exact) mass is 294 g/mol. The van der Waals surface area contributed by atoms with Crippen molar-refractivity contribution in [3.05, 3.63) is 32.6 Å². The van der Waals surface area contributed by atoms with Gasteiger partial charge in [0.05, 0.1) is 6.42 Å². The first-order chi connectivity index (χ1) is 9.70. The first-order valence-corrected chi connectivity index (χ1v) is 6.17. The molecule has 1 aromatic heterocycles. The zero-order valence-electron chi connectivity index (χ0n) is 11.5. The van der Waals surface area contributed by atoms with Crippen LogP contribution in [0.1, 0.15) is 19.5 Å². The minimum Gasteiger partial charge on any atom is -0.319 e. The second kappa shape index (κ2) is 5.00. The molecule has 1 fully saturated rings. The average Bonchev–Trinajstić information content (AvgIpc) is 2.32. The van der Waals surface area contributed by atoms with Crippen molar-refractivity contribution in [1.82, 2.24) is 20.2 Å². The first kappa shape index (κ1) is 14.7. The summed E-state index contributed by atoms with van der Waals surface area (Å²) in [6, 6.07) is 1.08. The third-order valence-corrected chi connectivity index (χ3v) is 3.24. The van der Waals surface area contributed by atoms with Crippen LogP contribution in [0.15, 0.2) is 15.7 Å². The molecule has 0 unspecified atom stereocenters. The van der Waals surface area contributed by atoms with E-state index >= 15 is 0 Å². The maximum Gasteiger partial charge on any atom is 0.325 e. The topological polar surface area (TPSA) is 132 Å². The molecule has 0 atom stereocenters. The first-order valence-electron chi connectivity index (χ1n) is 6.17. The predicted octanol–water partition coefficient (Wildman–Crippen LogP) is -2.13. The molecule has 0 aliphatic carbocycles. The van der Waals surface area contributed by atoms with Crippen LogP contribution in [0.4, 0.5) is 0 Å². The lowest BCUT2D eigenvalue weighted by Crippen LogP contribution is -2.65. The number of imide groups is 1. The zero-order chi connectivity index (χ0) is 15.8. The lowest BCUT2D eigenvalue weighted by molar-refractivity contribution is -0.155. The van der Waals surface area contributed by atoms with E-state index in [9.17, 15) is 24.0 Å². The lowest BCUT2D eigenvalue weighted by atomic mass is 9.98. The van der Waals surface area contributed by atoms with Crippen molar-refractivity contribution < 1.29 is 14.4 Å². The van der Waals surface area contributed by atoms with Crippen LogP contribution >= 0.6 is 0 Å². The molecular weight excluding hydrogens is 280 g/mol. The fourth-order valence-corrected chi connectivity index (χ4v) is 2.06. The van der Waals surface area contributed by atoms with Crippen LogP contribution in [0.3, 0.4) is 0 Å². The van der Waals surface area contributed by atoms with Gasteiger partial charge in [0.15, 0.2) is 0 Å². The van der Waals surface area contributed by atoms with Crippen LogP contribution in [0.5, 0.6) is 0 Å². The minimum atomic E-state index is -1.19. The summed E-state index contributed by atoms with van der Waals surface area (Å²) < 4.78 is 0. The molecule has 2 rings (SSSR count). The van der Waals surface area contributed by atoms with Gasteiger partial charge in [0, 0.05) is 11.8 Å². The Morgan fingerprint density at radius 2 is 1.90 bits per heavy atom. The Balaban J connectivity index is 2.26. The van der Waals surface area contributed by atoms with Crippen molar-refractivity contribution in [2.45, 2.75) is 25.8 Å². The minimum absolute atomic E-state index is 0.114. The van der Waals surface area contributed by atoms with E-state index in [4.69, 9.17) is 0 Å². The maximum absolute atomic E-state index is 12.3. The molecule has 0 bridgehead atoms. The number of nitrogens with one attached hydrogen (secondary N) is 3. The summed E-state index contributed by atoms with van der Waals surface area (Å²) in [7, 11) is 0. The summed E-state index contributed by atoms with van der Waals surface area (Å²) in [5.41, 5.74) is -2.43. The molecule has 0 spiro atoms. The molecule has 21 heavy (non-hydrogen) atoms. The number of piperazine rings is 1. The summed E-state index contributed by atoms with van der Waals surface area (Å²) in [5.74, 6) is -1.69. The lowest BCUT2D eigenvalue weighted by Gasteiger charge is -2.40. The number of amides is 3. The van der Waals surface area contributed by atoms with E-state index in [0.717, 1.165) is 11.0 Å². The molecule has 3 amide bonds. The third kappa shape index (κ3) is 2.91. The smallest absolute Gasteiger partial charge is 0.319 e. The number of carbonyl (C=O) groups excluding carboxylic acids is 3. The SMILES string of the molecule is CC1(C)C(=O)NC(=O)CN1C(=O)Cc1cc(=O)[nH]c(=O)[nH]1. The van der Waals surface area contributed by atoms with E-state index in [1.54, 1.807) is 0 Å². The number of aromatic amines is 2. The number of hydrogen-bond donors (Lipinski definition) is 3. The number of hydrogen-bond acceptors (Lipinski definition) is 5. The second-order valence-corrected chi connectivity index (χ2v) is 5.21. The second-order valence-electron chi connectivity index (χ2n) is 5.21. The molecule has 1 saturated heterocycles. The fraction of sp³-hybridized carbons (Fsp3) is 0.417. The number of rotatable bonds is 2.